The van der Waals surface area contributed by atoms with Crippen LogP contribution in [0.1, 0.15) is 42.9 Å². The first-order valence-electron chi connectivity index (χ1n) is 8.42. The van der Waals surface area contributed by atoms with Gasteiger partial charge in [-0.1, -0.05) is 24.3 Å². The number of amides is 1. The first kappa shape index (κ1) is 13.3. The van der Waals surface area contributed by atoms with E-state index in [0.29, 0.717) is 0 Å². The van der Waals surface area contributed by atoms with Crippen molar-refractivity contribution in [3.8, 4) is 0 Å². The molecule has 0 radical (unpaired) electrons. The van der Waals surface area contributed by atoms with E-state index < -0.39 is 0 Å². The molecule has 112 valence electrons. The Bertz CT molecular complexity index is 522. The Morgan fingerprint density at radius 3 is 2.62 bits per heavy atom. The molecule has 1 amide bonds. The lowest BCUT2D eigenvalue weighted by atomic mass is 9.93. The van der Waals surface area contributed by atoms with Crippen LogP contribution in [0.4, 0.5) is 0 Å². The van der Waals surface area contributed by atoms with Gasteiger partial charge in [0.2, 0.25) is 5.91 Å². The molecule has 1 atom stereocenters. The molecule has 4 rings (SSSR count). The zero-order chi connectivity index (χ0) is 14.2. The fourth-order valence-corrected chi connectivity index (χ4v) is 3.83. The van der Waals surface area contributed by atoms with Crippen LogP contribution in [0.25, 0.3) is 0 Å². The van der Waals surface area contributed by atoms with Gasteiger partial charge in [-0.15, -0.1) is 0 Å². The van der Waals surface area contributed by atoms with E-state index in [9.17, 15) is 4.79 Å². The highest BCUT2D eigenvalue weighted by atomic mass is 16.2. The molecule has 1 unspecified atom stereocenters. The summed E-state index contributed by atoms with van der Waals surface area (Å²) in [7, 11) is 0. The number of hydrogen-bond acceptors (Lipinski definition) is 2. The summed E-state index contributed by atoms with van der Waals surface area (Å²) >= 11 is 0. The third-order valence-corrected chi connectivity index (χ3v) is 5.34. The van der Waals surface area contributed by atoms with Gasteiger partial charge in [0.15, 0.2) is 0 Å². The Labute approximate surface area is 126 Å². The molecule has 3 aliphatic rings. The summed E-state index contributed by atoms with van der Waals surface area (Å²) in [5, 5.41) is 6.61. The smallest absolute Gasteiger partial charge is 0.241 e. The average Bonchev–Trinajstić information content (AvgIpc) is 3.39. The highest BCUT2D eigenvalue weighted by Crippen LogP contribution is 2.48. The number of nitrogens with one attached hydrogen (secondary N) is 2. The Morgan fingerprint density at radius 1 is 1.19 bits per heavy atom. The zero-order valence-corrected chi connectivity index (χ0v) is 12.5. The zero-order valence-electron chi connectivity index (χ0n) is 12.5. The van der Waals surface area contributed by atoms with Gasteiger partial charge in [-0.05, 0) is 61.0 Å². The van der Waals surface area contributed by atoms with E-state index in [2.05, 4.69) is 28.8 Å². The molecule has 1 aromatic carbocycles. The van der Waals surface area contributed by atoms with E-state index in [4.69, 9.17) is 0 Å². The van der Waals surface area contributed by atoms with Gasteiger partial charge in [-0.3, -0.25) is 4.79 Å². The Morgan fingerprint density at radius 2 is 1.90 bits per heavy atom. The Balaban J connectivity index is 1.41. The molecule has 1 heterocycles. The number of rotatable bonds is 5. The fourth-order valence-electron chi connectivity index (χ4n) is 3.83. The van der Waals surface area contributed by atoms with Crippen LogP contribution in [0.5, 0.6) is 0 Å². The third kappa shape index (κ3) is 2.84. The standard InChI is InChI=1S/C18H24N2O/c21-18(20-11-16(13-5-6-13)14-7-8-14)17-15-4-2-1-3-12(15)9-10-19-17/h1-4,13-14,16-17,19H,5-11H2,(H,20,21). The second-order valence-corrected chi connectivity index (χ2v) is 6.92. The molecule has 1 aliphatic heterocycles. The number of benzene rings is 1. The van der Waals surface area contributed by atoms with Crippen molar-refractivity contribution in [3.05, 3.63) is 35.4 Å². The predicted octanol–water partition coefficient (Wildman–Crippen LogP) is 2.43. The largest absolute Gasteiger partial charge is 0.354 e. The quantitative estimate of drug-likeness (QED) is 0.872. The summed E-state index contributed by atoms with van der Waals surface area (Å²) in [6.07, 6.45) is 6.53. The monoisotopic (exact) mass is 284 g/mol. The maximum absolute atomic E-state index is 12.6. The van der Waals surface area contributed by atoms with Crippen molar-refractivity contribution in [1.82, 2.24) is 10.6 Å². The van der Waals surface area contributed by atoms with Crippen molar-refractivity contribution in [1.29, 1.82) is 0 Å². The molecule has 2 aliphatic carbocycles. The molecule has 0 spiro atoms. The topological polar surface area (TPSA) is 41.1 Å². The minimum Gasteiger partial charge on any atom is -0.354 e. The maximum atomic E-state index is 12.6. The van der Waals surface area contributed by atoms with Crippen molar-refractivity contribution in [2.45, 2.75) is 38.1 Å². The lowest BCUT2D eigenvalue weighted by molar-refractivity contribution is -0.123. The molecular formula is C18H24N2O. The molecule has 2 N–H and O–H groups in total. The minimum absolute atomic E-state index is 0.158. The summed E-state index contributed by atoms with van der Waals surface area (Å²) in [5.74, 6) is 2.69. The number of hydrogen-bond donors (Lipinski definition) is 2. The summed E-state index contributed by atoms with van der Waals surface area (Å²) in [6.45, 7) is 1.78. The normalized spacial score (nSPS) is 24.7. The van der Waals surface area contributed by atoms with E-state index in [1.165, 1.54) is 31.2 Å². The minimum atomic E-state index is -0.158. The molecule has 3 nitrogen and oxygen atoms in total. The summed E-state index contributed by atoms with van der Waals surface area (Å²) < 4.78 is 0. The van der Waals surface area contributed by atoms with Crippen molar-refractivity contribution in [3.63, 3.8) is 0 Å². The molecule has 0 saturated heterocycles. The van der Waals surface area contributed by atoms with E-state index >= 15 is 0 Å². The van der Waals surface area contributed by atoms with Gasteiger partial charge < -0.3 is 10.6 Å². The summed E-state index contributed by atoms with van der Waals surface area (Å²) in [4.78, 5) is 12.6. The molecular weight excluding hydrogens is 260 g/mol. The van der Waals surface area contributed by atoms with Gasteiger partial charge in [0.05, 0.1) is 0 Å². The van der Waals surface area contributed by atoms with Crippen LogP contribution in [0, 0.1) is 17.8 Å². The van der Waals surface area contributed by atoms with Crippen molar-refractivity contribution in [2.24, 2.45) is 17.8 Å². The first-order chi connectivity index (χ1) is 10.3. The third-order valence-electron chi connectivity index (χ3n) is 5.34. The van der Waals surface area contributed by atoms with Gasteiger partial charge in [-0.2, -0.15) is 0 Å². The highest BCUT2D eigenvalue weighted by Gasteiger charge is 2.41. The fraction of sp³-hybridized carbons (Fsp3) is 0.611. The molecule has 0 bridgehead atoms. The number of fused-ring (bicyclic) bond motifs is 1. The van der Waals surface area contributed by atoms with Crippen molar-refractivity contribution < 1.29 is 4.79 Å². The Kier molecular flexibility index (Phi) is 3.46. The molecule has 1 aromatic rings. The number of carbonyl (C=O) groups is 1. The molecule has 2 saturated carbocycles. The van der Waals surface area contributed by atoms with Gasteiger partial charge in [0.25, 0.3) is 0 Å². The van der Waals surface area contributed by atoms with Crippen LogP contribution in [-0.4, -0.2) is 19.0 Å². The molecule has 3 heteroatoms. The molecule has 2 fully saturated rings. The lowest BCUT2D eigenvalue weighted by Crippen LogP contribution is -2.43. The van der Waals surface area contributed by atoms with Crippen LogP contribution < -0.4 is 10.6 Å². The van der Waals surface area contributed by atoms with Gasteiger partial charge in [-0.25, -0.2) is 0 Å². The van der Waals surface area contributed by atoms with Gasteiger partial charge in [0, 0.05) is 13.1 Å². The number of carbonyl (C=O) groups excluding carboxylic acids is 1. The second-order valence-electron chi connectivity index (χ2n) is 6.92. The second kappa shape index (κ2) is 5.45. The van der Waals surface area contributed by atoms with Crippen LogP contribution in [0.15, 0.2) is 24.3 Å². The van der Waals surface area contributed by atoms with E-state index in [1.54, 1.807) is 0 Å². The lowest BCUT2D eigenvalue weighted by Gasteiger charge is -2.27. The van der Waals surface area contributed by atoms with E-state index in [1.807, 2.05) is 6.07 Å². The highest BCUT2D eigenvalue weighted by molar-refractivity contribution is 5.83. The average molecular weight is 284 g/mol. The summed E-state index contributed by atoms with van der Waals surface area (Å²) in [6, 6.07) is 8.17. The SMILES string of the molecule is O=C(NCC(C1CC1)C1CC1)C1NCCc2ccccc21. The van der Waals surface area contributed by atoms with Crippen molar-refractivity contribution in [2.75, 3.05) is 13.1 Å². The summed E-state index contributed by atoms with van der Waals surface area (Å²) in [5.41, 5.74) is 2.48. The van der Waals surface area contributed by atoms with E-state index in [0.717, 1.165) is 42.8 Å². The molecule has 0 aromatic heterocycles. The van der Waals surface area contributed by atoms with Crippen LogP contribution in [0.2, 0.25) is 0 Å². The first-order valence-corrected chi connectivity index (χ1v) is 8.42. The van der Waals surface area contributed by atoms with Crippen LogP contribution in [-0.2, 0) is 11.2 Å². The predicted molar refractivity (Wildman–Crippen MR) is 82.8 cm³/mol. The van der Waals surface area contributed by atoms with Crippen LogP contribution >= 0.6 is 0 Å². The molecule has 21 heavy (non-hydrogen) atoms. The van der Waals surface area contributed by atoms with Crippen LogP contribution in [0.3, 0.4) is 0 Å². The Hall–Kier alpha value is -1.35. The van der Waals surface area contributed by atoms with Gasteiger partial charge >= 0.3 is 0 Å². The van der Waals surface area contributed by atoms with E-state index in [-0.39, 0.29) is 11.9 Å². The maximum Gasteiger partial charge on any atom is 0.241 e. The van der Waals surface area contributed by atoms with Gasteiger partial charge in [0.1, 0.15) is 6.04 Å². The van der Waals surface area contributed by atoms with Crippen molar-refractivity contribution >= 4 is 5.91 Å².